The largest absolute Gasteiger partial charge is 0.481 e. The number of allylic oxidation sites excluding steroid dienone is 1. The monoisotopic (exact) mass is 225 g/mol. The summed E-state index contributed by atoms with van der Waals surface area (Å²) in [5.41, 5.74) is 0. The summed E-state index contributed by atoms with van der Waals surface area (Å²) in [4.78, 5) is 10.5. The number of carbonyl (C=O) groups is 1. The van der Waals surface area contributed by atoms with E-state index < -0.39 is 5.97 Å². The molecule has 0 unspecified atom stereocenters. The van der Waals surface area contributed by atoms with E-state index in [2.05, 4.69) is 6.58 Å². The zero-order valence-corrected chi connectivity index (χ0v) is 9.17. The Labute approximate surface area is 94.3 Å². The highest BCUT2D eigenvalue weighted by molar-refractivity contribution is 5.66. The number of aromatic nitrogens is 2. The molecule has 5 heteroatoms. The number of hydrogen-bond donors (Lipinski definition) is 2. The molecule has 0 aliphatic carbocycles. The van der Waals surface area contributed by atoms with Gasteiger partial charge in [0.15, 0.2) is 0 Å². The fourth-order valence-corrected chi connectivity index (χ4v) is 1.59. The lowest BCUT2D eigenvalue weighted by atomic mass is 10.3. The fraction of sp³-hybridized carbons (Fsp3) is 0.455. The van der Waals surface area contributed by atoms with Gasteiger partial charge in [-0.05, 0) is 0 Å². The van der Waals surface area contributed by atoms with Gasteiger partial charge in [-0.2, -0.15) is 0 Å². The van der Waals surface area contributed by atoms with Crippen LogP contribution in [-0.2, 0) is 24.3 Å². The van der Waals surface area contributed by atoms with Crippen LogP contribution in [0.2, 0.25) is 0 Å². The number of aryl methyl sites for hydroxylation is 1. The maximum atomic E-state index is 10.5. The molecule has 16 heavy (non-hydrogen) atoms. The van der Waals surface area contributed by atoms with Gasteiger partial charge in [0.25, 0.3) is 5.82 Å². The Morgan fingerprint density at radius 3 is 2.94 bits per heavy atom. The number of hydrogen-bond acceptors (Lipinski definition) is 2. The third-order valence-electron chi connectivity index (χ3n) is 2.32. The summed E-state index contributed by atoms with van der Waals surface area (Å²) in [6, 6.07) is 0. The van der Waals surface area contributed by atoms with Gasteiger partial charge in [0.1, 0.15) is 25.5 Å². The van der Waals surface area contributed by atoms with Gasteiger partial charge in [0.05, 0.1) is 19.4 Å². The van der Waals surface area contributed by atoms with Crippen molar-refractivity contribution in [3.8, 4) is 0 Å². The molecule has 0 atom stereocenters. The quantitative estimate of drug-likeness (QED) is 0.506. The molecule has 1 heterocycles. The first-order valence-corrected chi connectivity index (χ1v) is 5.20. The Hall–Kier alpha value is -1.62. The first-order valence-electron chi connectivity index (χ1n) is 5.20. The number of aliphatic carboxylic acids is 1. The second-order valence-electron chi connectivity index (χ2n) is 3.46. The molecule has 88 valence electrons. The van der Waals surface area contributed by atoms with Crippen LogP contribution in [-0.4, -0.2) is 27.4 Å². The molecule has 0 aromatic carbocycles. The maximum absolute atomic E-state index is 10.5. The SMILES string of the molecule is C=CCc1n(CCC(=O)O)cc[n+]1CCO. The van der Waals surface area contributed by atoms with Crippen molar-refractivity contribution >= 4 is 5.97 Å². The molecule has 1 aromatic rings. The Morgan fingerprint density at radius 1 is 1.62 bits per heavy atom. The number of carboxylic acids is 1. The van der Waals surface area contributed by atoms with Crippen molar-refractivity contribution in [1.29, 1.82) is 0 Å². The molecule has 2 N–H and O–H groups in total. The summed E-state index contributed by atoms with van der Waals surface area (Å²) in [6.45, 7) is 4.69. The van der Waals surface area contributed by atoms with Crippen molar-refractivity contribution < 1.29 is 19.6 Å². The second kappa shape index (κ2) is 6.07. The average Bonchev–Trinajstić information content (AvgIpc) is 2.60. The van der Waals surface area contributed by atoms with Crippen molar-refractivity contribution in [3.63, 3.8) is 0 Å². The predicted molar refractivity (Wildman–Crippen MR) is 57.9 cm³/mol. The van der Waals surface area contributed by atoms with E-state index in [0.29, 0.717) is 19.5 Å². The highest BCUT2D eigenvalue weighted by Crippen LogP contribution is 2.00. The van der Waals surface area contributed by atoms with Gasteiger partial charge in [-0.15, -0.1) is 6.58 Å². The minimum Gasteiger partial charge on any atom is -0.481 e. The third kappa shape index (κ3) is 3.20. The lowest BCUT2D eigenvalue weighted by molar-refractivity contribution is -0.704. The number of aliphatic hydroxyl groups excluding tert-OH is 1. The van der Waals surface area contributed by atoms with Gasteiger partial charge in [-0.3, -0.25) is 4.79 Å². The minimum atomic E-state index is -0.813. The molecule has 0 bridgehead atoms. The van der Waals surface area contributed by atoms with Crippen molar-refractivity contribution in [2.75, 3.05) is 6.61 Å². The molecule has 0 saturated heterocycles. The van der Waals surface area contributed by atoms with Crippen molar-refractivity contribution in [1.82, 2.24) is 4.57 Å². The summed E-state index contributed by atoms with van der Waals surface area (Å²) < 4.78 is 3.79. The maximum Gasteiger partial charge on any atom is 0.307 e. The average molecular weight is 225 g/mol. The number of aliphatic hydroxyl groups is 1. The third-order valence-corrected chi connectivity index (χ3v) is 2.32. The van der Waals surface area contributed by atoms with Gasteiger partial charge in [0, 0.05) is 0 Å². The van der Waals surface area contributed by atoms with Crippen LogP contribution in [0, 0.1) is 0 Å². The molecule has 0 aliphatic heterocycles. The highest BCUT2D eigenvalue weighted by atomic mass is 16.4. The summed E-state index contributed by atoms with van der Waals surface area (Å²) in [5, 5.41) is 17.5. The predicted octanol–water partition coefficient (Wildman–Crippen LogP) is -0.0289. The molecular formula is C11H17N2O3+. The van der Waals surface area contributed by atoms with Crippen molar-refractivity contribution in [2.24, 2.45) is 0 Å². The van der Waals surface area contributed by atoms with Crippen LogP contribution in [0.25, 0.3) is 0 Å². The van der Waals surface area contributed by atoms with E-state index in [-0.39, 0.29) is 13.0 Å². The minimum absolute atomic E-state index is 0.0672. The van der Waals surface area contributed by atoms with Gasteiger partial charge in [0.2, 0.25) is 0 Å². The first kappa shape index (κ1) is 12.4. The van der Waals surface area contributed by atoms with Crippen LogP contribution >= 0.6 is 0 Å². The van der Waals surface area contributed by atoms with Crippen molar-refractivity contribution in [2.45, 2.75) is 25.9 Å². The molecule has 1 aromatic heterocycles. The lowest BCUT2D eigenvalue weighted by Crippen LogP contribution is -2.38. The lowest BCUT2D eigenvalue weighted by Gasteiger charge is -2.01. The summed E-state index contributed by atoms with van der Waals surface area (Å²) in [5.74, 6) is 0.150. The van der Waals surface area contributed by atoms with E-state index in [0.717, 1.165) is 5.82 Å². The number of carboxylic acid groups (broad SMARTS) is 1. The molecule has 5 nitrogen and oxygen atoms in total. The summed E-state index contributed by atoms with van der Waals surface area (Å²) in [6.07, 6.45) is 6.19. The van der Waals surface area contributed by atoms with E-state index in [1.165, 1.54) is 0 Å². The molecule has 0 fully saturated rings. The summed E-state index contributed by atoms with van der Waals surface area (Å²) in [7, 11) is 0. The summed E-state index contributed by atoms with van der Waals surface area (Å²) >= 11 is 0. The second-order valence-corrected chi connectivity index (χ2v) is 3.46. The fourth-order valence-electron chi connectivity index (χ4n) is 1.59. The Balaban J connectivity index is 2.81. The first-order chi connectivity index (χ1) is 7.69. The standard InChI is InChI=1S/C11H16N2O3/c1-2-3-10-12(5-4-11(15)16)6-7-13(10)8-9-14/h2,6-7,14H,1,3-5,8-9H2/p+1. The highest BCUT2D eigenvalue weighted by Gasteiger charge is 2.15. The molecule has 0 spiro atoms. The zero-order chi connectivity index (χ0) is 12.0. The number of nitrogens with zero attached hydrogens (tertiary/aromatic N) is 2. The van der Waals surface area contributed by atoms with Crippen LogP contribution in [0.1, 0.15) is 12.2 Å². The van der Waals surface area contributed by atoms with E-state index in [9.17, 15) is 4.79 Å². The van der Waals surface area contributed by atoms with Crippen LogP contribution < -0.4 is 4.57 Å². The molecular weight excluding hydrogens is 208 g/mol. The Kier molecular flexibility index (Phi) is 4.72. The van der Waals surface area contributed by atoms with E-state index in [4.69, 9.17) is 10.2 Å². The van der Waals surface area contributed by atoms with Crippen LogP contribution in [0.5, 0.6) is 0 Å². The van der Waals surface area contributed by atoms with Gasteiger partial charge in [-0.1, -0.05) is 6.08 Å². The van der Waals surface area contributed by atoms with Crippen LogP contribution in [0.15, 0.2) is 25.0 Å². The Bertz CT molecular complexity index is 371. The van der Waals surface area contributed by atoms with E-state index in [1.807, 2.05) is 21.5 Å². The van der Waals surface area contributed by atoms with Gasteiger partial charge in [-0.25, -0.2) is 9.13 Å². The molecule has 0 saturated carbocycles. The Morgan fingerprint density at radius 2 is 2.38 bits per heavy atom. The van der Waals surface area contributed by atoms with Crippen LogP contribution in [0.3, 0.4) is 0 Å². The van der Waals surface area contributed by atoms with Gasteiger partial charge >= 0.3 is 5.97 Å². The molecule has 1 rings (SSSR count). The topological polar surface area (TPSA) is 66.3 Å². The molecule has 0 radical (unpaired) electrons. The van der Waals surface area contributed by atoms with Crippen LogP contribution in [0.4, 0.5) is 0 Å². The number of rotatable bonds is 7. The number of imidazole rings is 1. The smallest absolute Gasteiger partial charge is 0.307 e. The van der Waals surface area contributed by atoms with Gasteiger partial charge < -0.3 is 10.2 Å². The zero-order valence-electron chi connectivity index (χ0n) is 9.17. The molecule has 0 aliphatic rings. The van der Waals surface area contributed by atoms with E-state index in [1.54, 1.807) is 6.08 Å². The van der Waals surface area contributed by atoms with E-state index >= 15 is 0 Å². The van der Waals surface area contributed by atoms with Crippen molar-refractivity contribution in [3.05, 3.63) is 30.9 Å². The molecule has 0 amide bonds. The normalized spacial score (nSPS) is 10.3.